The van der Waals surface area contributed by atoms with E-state index in [0.29, 0.717) is 10.6 Å². The average molecular weight is 292 g/mol. The molecule has 0 unspecified atom stereocenters. The van der Waals surface area contributed by atoms with Crippen LogP contribution < -0.4 is 0 Å². The molecule has 0 bridgehead atoms. The van der Waals surface area contributed by atoms with Gasteiger partial charge in [-0.2, -0.15) is 0 Å². The molecule has 1 aromatic carbocycles. The number of piperazine rings is 1. The minimum atomic E-state index is 0.0919. The molecule has 1 saturated heterocycles. The van der Waals surface area contributed by atoms with Crippen molar-refractivity contribution in [3.05, 3.63) is 35.0 Å². The third kappa shape index (κ3) is 2.41. The average Bonchev–Trinajstić information content (AvgIpc) is 2.89. The highest BCUT2D eigenvalue weighted by Crippen LogP contribution is 2.23. The maximum atomic E-state index is 12.6. The second-order valence-corrected chi connectivity index (χ2v) is 5.56. The summed E-state index contributed by atoms with van der Waals surface area (Å²) in [6, 6.07) is 5.58. The number of aromatic nitrogens is 1. The molecule has 0 radical (unpaired) electrons. The van der Waals surface area contributed by atoms with E-state index in [0.717, 1.165) is 43.6 Å². The van der Waals surface area contributed by atoms with E-state index in [-0.39, 0.29) is 5.91 Å². The predicted molar refractivity (Wildman–Crippen MR) is 81.3 cm³/mol. The Kier molecular flexibility index (Phi) is 3.68. The number of likely N-dealkylation sites (N-methyl/N-ethyl adjacent to an activating group) is 1. The Hall–Kier alpha value is -1.52. The van der Waals surface area contributed by atoms with Crippen LogP contribution in [0.3, 0.4) is 0 Å². The fourth-order valence-corrected chi connectivity index (χ4v) is 2.88. The van der Waals surface area contributed by atoms with Crippen LogP contribution in [0.5, 0.6) is 0 Å². The molecule has 0 saturated carbocycles. The first-order valence-electron chi connectivity index (χ1n) is 6.97. The zero-order valence-electron chi connectivity index (χ0n) is 11.5. The number of hydrogen-bond donors (Lipinski definition) is 1. The second-order valence-electron chi connectivity index (χ2n) is 5.12. The SMILES string of the molecule is CCN1CCN(C(=O)c2c[nH]c3ccc(Cl)cc23)CC1. The van der Waals surface area contributed by atoms with E-state index in [9.17, 15) is 4.79 Å². The number of nitrogens with one attached hydrogen (secondary N) is 1. The van der Waals surface area contributed by atoms with Crippen LogP contribution in [0.15, 0.2) is 24.4 Å². The smallest absolute Gasteiger partial charge is 0.256 e. The van der Waals surface area contributed by atoms with E-state index in [1.165, 1.54) is 0 Å². The lowest BCUT2D eigenvalue weighted by Crippen LogP contribution is -2.48. The largest absolute Gasteiger partial charge is 0.360 e. The quantitative estimate of drug-likeness (QED) is 0.924. The Labute approximate surface area is 123 Å². The van der Waals surface area contributed by atoms with Crippen molar-refractivity contribution in [1.29, 1.82) is 0 Å². The van der Waals surface area contributed by atoms with Gasteiger partial charge in [-0.1, -0.05) is 18.5 Å². The van der Waals surface area contributed by atoms with Crippen LogP contribution in [0.1, 0.15) is 17.3 Å². The molecule has 4 nitrogen and oxygen atoms in total. The maximum absolute atomic E-state index is 12.6. The number of carbonyl (C=O) groups excluding carboxylic acids is 1. The number of carbonyl (C=O) groups is 1. The van der Waals surface area contributed by atoms with E-state index >= 15 is 0 Å². The summed E-state index contributed by atoms with van der Waals surface area (Å²) in [5.74, 6) is 0.0919. The van der Waals surface area contributed by atoms with Gasteiger partial charge in [-0.3, -0.25) is 4.79 Å². The summed E-state index contributed by atoms with van der Waals surface area (Å²) >= 11 is 6.03. The third-order valence-electron chi connectivity index (χ3n) is 3.98. The van der Waals surface area contributed by atoms with Crippen LogP contribution in [-0.2, 0) is 0 Å². The molecule has 106 valence electrons. The van der Waals surface area contributed by atoms with Gasteiger partial charge in [0.25, 0.3) is 5.91 Å². The van der Waals surface area contributed by atoms with E-state index in [4.69, 9.17) is 11.6 Å². The molecule has 1 N–H and O–H groups in total. The number of nitrogens with zero attached hydrogens (tertiary/aromatic N) is 2. The third-order valence-corrected chi connectivity index (χ3v) is 4.22. The van der Waals surface area contributed by atoms with Crippen LogP contribution in [0.4, 0.5) is 0 Å². The number of H-pyrrole nitrogens is 1. The van der Waals surface area contributed by atoms with Crippen molar-refractivity contribution < 1.29 is 4.79 Å². The van der Waals surface area contributed by atoms with Gasteiger partial charge in [0.2, 0.25) is 0 Å². The van der Waals surface area contributed by atoms with Gasteiger partial charge < -0.3 is 14.8 Å². The summed E-state index contributed by atoms with van der Waals surface area (Å²) in [5.41, 5.74) is 1.66. The van der Waals surface area contributed by atoms with Gasteiger partial charge in [0.05, 0.1) is 5.56 Å². The highest BCUT2D eigenvalue weighted by molar-refractivity contribution is 6.31. The molecule has 1 aliphatic rings. The van der Waals surface area contributed by atoms with Gasteiger partial charge in [-0.05, 0) is 24.7 Å². The van der Waals surface area contributed by atoms with Crippen molar-refractivity contribution in [2.75, 3.05) is 32.7 Å². The van der Waals surface area contributed by atoms with Crippen molar-refractivity contribution in [2.24, 2.45) is 0 Å². The van der Waals surface area contributed by atoms with Crippen LogP contribution in [0.2, 0.25) is 5.02 Å². The molecular formula is C15H18ClN3O. The summed E-state index contributed by atoms with van der Waals surface area (Å²) in [4.78, 5) is 20.0. The fraction of sp³-hybridized carbons (Fsp3) is 0.400. The second kappa shape index (κ2) is 5.46. The number of hydrogen-bond acceptors (Lipinski definition) is 2. The summed E-state index contributed by atoms with van der Waals surface area (Å²) in [7, 11) is 0. The van der Waals surface area contributed by atoms with Crippen LogP contribution >= 0.6 is 11.6 Å². The standard InChI is InChI=1S/C15H18ClN3O/c1-2-18-5-7-19(8-6-18)15(20)13-10-17-14-4-3-11(16)9-12(13)14/h3-4,9-10,17H,2,5-8H2,1H3. The lowest BCUT2D eigenvalue weighted by molar-refractivity contribution is 0.0645. The Morgan fingerprint density at radius 2 is 2.05 bits per heavy atom. The van der Waals surface area contributed by atoms with Crippen LogP contribution in [-0.4, -0.2) is 53.4 Å². The number of halogens is 1. The highest BCUT2D eigenvalue weighted by atomic mass is 35.5. The van der Waals surface area contributed by atoms with E-state index < -0.39 is 0 Å². The van der Waals surface area contributed by atoms with Crippen molar-refractivity contribution in [3.63, 3.8) is 0 Å². The predicted octanol–water partition coefficient (Wildman–Crippen LogP) is 2.60. The van der Waals surface area contributed by atoms with Crippen molar-refractivity contribution in [1.82, 2.24) is 14.8 Å². The molecule has 1 amide bonds. The van der Waals surface area contributed by atoms with E-state index in [2.05, 4.69) is 16.8 Å². The van der Waals surface area contributed by atoms with E-state index in [1.54, 1.807) is 6.20 Å². The number of fused-ring (bicyclic) bond motifs is 1. The number of benzene rings is 1. The number of rotatable bonds is 2. The Bertz CT molecular complexity index is 629. The minimum Gasteiger partial charge on any atom is -0.360 e. The molecule has 0 atom stereocenters. The molecule has 0 aliphatic carbocycles. The lowest BCUT2D eigenvalue weighted by Gasteiger charge is -2.34. The number of amides is 1. The maximum Gasteiger partial charge on any atom is 0.256 e. The molecule has 3 rings (SSSR count). The van der Waals surface area contributed by atoms with Crippen LogP contribution in [0, 0.1) is 0 Å². The molecule has 2 heterocycles. The molecule has 1 fully saturated rings. The zero-order valence-corrected chi connectivity index (χ0v) is 12.3. The molecule has 1 aromatic heterocycles. The topological polar surface area (TPSA) is 39.3 Å². The first-order chi connectivity index (χ1) is 9.69. The summed E-state index contributed by atoms with van der Waals surface area (Å²) in [6.07, 6.45) is 1.79. The van der Waals surface area contributed by atoms with Crippen molar-refractivity contribution >= 4 is 28.4 Å². The van der Waals surface area contributed by atoms with E-state index in [1.807, 2.05) is 23.1 Å². The Morgan fingerprint density at radius 1 is 1.30 bits per heavy atom. The van der Waals surface area contributed by atoms with Gasteiger partial charge in [0.1, 0.15) is 0 Å². The van der Waals surface area contributed by atoms with Crippen molar-refractivity contribution in [2.45, 2.75) is 6.92 Å². The Balaban J connectivity index is 1.84. The van der Waals surface area contributed by atoms with Crippen molar-refractivity contribution in [3.8, 4) is 0 Å². The summed E-state index contributed by atoms with van der Waals surface area (Å²) in [6.45, 7) is 6.68. The molecule has 20 heavy (non-hydrogen) atoms. The van der Waals surface area contributed by atoms with Gasteiger partial charge in [0.15, 0.2) is 0 Å². The molecule has 2 aromatic rings. The molecule has 0 spiro atoms. The summed E-state index contributed by atoms with van der Waals surface area (Å²) < 4.78 is 0. The van der Waals surface area contributed by atoms with Gasteiger partial charge in [-0.15, -0.1) is 0 Å². The highest BCUT2D eigenvalue weighted by Gasteiger charge is 2.23. The monoisotopic (exact) mass is 291 g/mol. The summed E-state index contributed by atoms with van der Waals surface area (Å²) in [5, 5.41) is 1.56. The molecule has 1 aliphatic heterocycles. The van der Waals surface area contributed by atoms with Gasteiger partial charge >= 0.3 is 0 Å². The minimum absolute atomic E-state index is 0.0919. The first-order valence-corrected chi connectivity index (χ1v) is 7.35. The molecular weight excluding hydrogens is 274 g/mol. The fourth-order valence-electron chi connectivity index (χ4n) is 2.71. The normalized spacial score (nSPS) is 16.8. The van der Waals surface area contributed by atoms with Gasteiger partial charge in [-0.25, -0.2) is 0 Å². The lowest BCUT2D eigenvalue weighted by atomic mass is 10.1. The Morgan fingerprint density at radius 3 is 2.75 bits per heavy atom. The van der Waals surface area contributed by atoms with Crippen LogP contribution in [0.25, 0.3) is 10.9 Å². The zero-order chi connectivity index (χ0) is 14.1. The van der Waals surface area contributed by atoms with Gasteiger partial charge in [0, 0.05) is 48.3 Å². The molecule has 5 heteroatoms. The first kappa shape index (κ1) is 13.5. The number of aromatic amines is 1.